The van der Waals surface area contributed by atoms with Crippen LogP contribution in [0.5, 0.6) is 0 Å². The number of hydrogen-bond donors (Lipinski definition) is 1. The van der Waals surface area contributed by atoms with E-state index in [4.69, 9.17) is 5.73 Å². The predicted octanol–water partition coefficient (Wildman–Crippen LogP) is 3.04. The molecule has 1 saturated heterocycles. The first kappa shape index (κ1) is 11.4. The summed E-state index contributed by atoms with van der Waals surface area (Å²) in [6, 6.07) is 0. The molecule has 13 heavy (non-hydrogen) atoms. The van der Waals surface area contributed by atoms with Crippen LogP contribution in [0.3, 0.4) is 0 Å². The van der Waals surface area contributed by atoms with Crippen LogP contribution in [0.4, 0.5) is 0 Å². The molecular weight excluding hydrogens is 178 g/mol. The molecule has 0 bridgehead atoms. The van der Waals surface area contributed by atoms with Gasteiger partial charge in [0.25, 0.3) is 0 Å². The molecule has 1 atom stereocenters. The van der Waals surface area contributed by atoms with Crippen LogP contribution in [-0.2, 0) is 0 Å². The van der Waals surface area contributed by atoms with Gasteiger partial charge in [-0.1, -0.05) is 13.8 Å². The molecule has 1 fully saturated rings. The fourth-order valence-electron chi connectivity index (χ4n) is 1.97. The highest BCUT2D eigenvalue weighted by Gasteiger charge is 2.35. The standard InChI is InChI=1S/C11H23NS/c1-10(2,12)7-5-9-6-8-13-11(9,3)4/h9H,5-8,12H2,1-4H3. The van der Waals surface area contributed by atoms with E-state index in [1.54, 1.807) is 0 Å². The topological polar surface area (TPSA) is 26.0 Å². The van der Waals surface area contributed by atoms with Crippen molar-refractivity contribution < 1.29 is 0 Å². The first-order valence-corrected chi connectivity index (χ1v) is 6.23. The summed E-state index contributed by atoms with van der Waals surface area (Å²) >= 11 is 2.12. The van der Waals surface area contributed by atoms with E-state index in [-0.39, 0.29) is 5.54 Å². The summed E-state index contributed by atoms with van der Waals surface area (Å²) in [5.41, 5.74) is 6.01. The molecule has 0 amide bonds. The Labute approximate surface area is 86.8 Å². The quantitative estimate of drug-likeness (QED) is 0.759. The van der Waals surface area contributed by atoms with Gasteiger partial charge in [0.1, 0.15) is 0 Å². The predicted molar refractivity (Wildman–Crippen MR) is 62.1 cm³/mol. The molecular formula is C11H23NS. The summed E-state index contributed by atoms with van der Waals surface area (Å²) in [4.78, 5) is 0. The van der Waals surface area contributed by atoms with Crippen molar-refractivity contribution in [2.24, 2.45) is 11.7 Å². The molecule has 1 nitrogen and oxygen atoms in total. The molecule has 1 unspecified atom stereocenters. The maximum atomic E-state index is 6.00. The number of thioether (sulfide) groups is 1. The number of hydrogen-bond acceptors (Lipinski definition) is 2. The van der Waals surface area contributed by atoms with E-state index in [1.807, 2.05) is 0 Å². The van der Waals surface area contributed by atoms with Crippen molar-refractivity contribution in [3.8, 4) is 0 Å². The molecule has 1 heterocycles. The Hall–Kier alpha value is 0.310. The second kappa shape index (κ2) is 3.82. The Balaban J connectivity index is 2.37. The van der Waals surface area contributed by atoms with E-state index in [2.05, 4.69) is 39.5 Å². The maximum absolute atomic E-state index is 6.00. The zero-order chi connectivity index (χ0) is 10.1. The molecule has 0 saturated carbocycles. The molecule has 0 aromatic carbocycles. The summed E-state index contributed by atoms with van der Waals surface area (Å²) in [5.74, 6) is 2.21. The van der Waals surface area contributed by atoms with Gasteiger partial charge in [0.05, 0.1) is 0 Å². The van der Waals surface area contributed by atoms with Crippen molar-refractivity contribution in [3.05, 3.63) is 0 Å². The van der Waals surface area contributed by atoms with Crippen molar-refractivity contribution in [1.82, 2.24) is 0 Å². The van der Waals surface area contributed by atoms with Crippen LogP contribution >= 0.6 is 11.8 Å². The lowest BCUT2D eigenvalue weighted by Crippen LogP contribution is -2.34. The lowest BCUT2D eigenvalue weighted by atomic mass is 9.85. The Bertz CT molecular complexity index is 169. The molecule has 2 N–H and O–H groups in total. The Kier molecular flexibility index (Phi) is 3.34. The van der Waals surface area contributed by atoms with Crippen LogP contribution in [0.2, 0.25) is 0 Å². The van der Waals surface area contributed by atoms with E-state index < -0.39 is 0 Å². The Morgan fingerprint density at radius 2 is 2.08 bits per heavy atom. The van der Waals surface area contributed by atoms with Gasteiger partial charge >= 0.3 is 0 Å². The fraction of sp³-hybridized carbons (Fsp3) is 1.00. The van der Waals surface area contributed by atoms with Gasteiger partial charge in [-0.25, -0.2) is 0 Å². The zero-order valence-corrected chi connectivity index (χ0v) is 10.2. The summed E-state index contributed by atoms with van der Waals surface area (Å²) in [6.45, 7) is 9.00. The third-order valence-corrected chi connectivity index (χ3v) is 4.58. The van der Waals surface area contributed by atoms with Crippen LogP contribution in [0.25, 0.3) is 0 Å². The molecule has 2 heteroatoms. The molecule has 78 valence electrons. The third-order valence-electron chi connectivity index (χ3n) is 3.06. The maximum Gasteiger partial charge on any atom is 0.0132 e. The van der Waals surface area contributed by atoms with Crippen LogP contribution in [0.1, 0.15) is 47.0 Å². The van der Waals surface area contributed by atoms with Crippen LogP contribution in [0, 0.1) is 5.92 Å². The molecule has 0 aliphatic carbocycles. The van der Waals surface area contributed by atoms with Gasteiger partial charge in [-0.3, -0.25) is 0 Å². The Morgan fingerprint density at radius 3 is 2.46 bits per heavy atom. The van der Waals surface area contributed by atoms with Gasteiger partial charge in [-0.2, -0.15) is 11.8 Å². The van der Waals surface area contributed by atoms with Crippen molar-refractivity contribution in [2.75, 3.05) is 5.75 Å². The summed E-state index contributed by atoms with van der Waals surface area (Å²) in [5, 5.41) is 0. The first-order valence-electron chi connectivity index (χ1n) is 5.24. The minimum Gasteiger partial charge on any atom is -0.326 e. The average Bonchev–Trinajstić information content (AvgIpc) is 2.23. The van der Waals surface area contributed by atoms with Crippen molar-refractivity contribution >= 4 is 11.8 Å². The van der Waals surface area contributed by atoms with Gasteiger partial charge in [0, 0.05) is 10.3 Å². The molecule has 0 aromatic rings. The fourth-order valence-corrected chi connectivity index (χ4v) is 3.37. The minimum absolute atomic E-state index is 0.0172. The van der Waals surface area contributed by atoms with E-state index in [1.165, 1.54) is 18.6 Å². The second-order valence-electron chi connectivity index (χ2n) is 5.46. The normalized spacial score (nSPS) is 27.9. The molecule has 1 aliphatic rings. The lowest BCUT2D eigenvalue weighted by molar-refractivity contribution is 0.344. The van der Waals surface area contributed by atoms with Crippen molar-refractivity contribution in [2.45, 2.75) is 57.2 Å². The van der Waals surface area contributed by atoms with Crippen molar-refractivity contribution in [3.63, 3.8) is 0 Å². The van der Waals surface area contributed by atoms with E-state index in [9.17, 15) is 0 Å². The molecule has 1 rings (SSSR count). The first-order chi connectivity index (χ1) is 5.81. The molecule has 0 spiro atoms. The SMILES string of the molecule is CC(C)(N)CCC1CCSC1(C)C. The van der Waals surface area contributed by atoms with E-state index >= 15 is 0 Å². The van der Waals surface area contributed by atoms with Gasteiger partial charge < -0.3 is 5.73 Å². The highest BCUT2D eigenvalue weighted by atomic mass is 32.2. The second-order valence-corrected chi connectivity index (χ2v) is 7.21. The number of nitrogens with two attached hydrogens (primary N) is 1. The highest BCUT2D eigenvalue weighted by molar-refractivity contribution is 8.00. The third kappa shape index (κ3) is 3.51. The van der Waals surface area contributed by atoms with Gasteiger partial charge in [-0.15, -0.1) is 0 Å². The van der Waals surface area contributed by atoms with Gasteiger partial charge in [-0.05, 0) is 44.8 Å². The van der Waals surface area contributed by atoms with Gasteiger partial charge in [0.2, 0.25) is 0 Å². The molecule has 0 radical (unpaired) electrons. The van der Waals surface area contributed by atoms with E-state index in [0.29, 0.717) is 4.75 Å². The Morgan fingerprint density at radius 1 is 1.46 bits per heavy atom. The average molecular weight is 201 g/mol. The molecule has 1 aliphatic heterocycles. The minimum atomic E-state index is 0.0172. The van der Waals surface area contributed by atoms with E-state index in [0.717, 1.165) is 12.3 Å². The van der Waals surface area contributed by atoms with Gasteiger partial charge in [0.15, 0.2) is 0 Å². The van der Waals surface area contributed by atoms with Crippen LogP contribution < -0.4 is 5.73 Å². The monoisotopic (exact) mass is 201 g/mol. The van der Waals surface area contributed by atoms with Crippen LogP contribution in [0.15, 0.2) is 0 Å². The van der Waals surface area contributed by atoms with Crippen molar-refractivity contribution in [1.29, 1.82) is 0 Å². The summed E-state index contributed by atoms with van der Waals surface area (Å²) in [7, 11) is 0. The molecule has 0 aromatic heterocycles. The lowest BCUT2D eigenvalue weighted by Gasteiger charge is -2.28. The summed E-state index contributed by atoms with van der Waals surface area (Å²) < 4.78 is 0.491. The largest absolute Gasteiger partial charge is 0.326 e. The van der Waals surface area contributed by atoms with Crippen LogP contribution in [-0.4, -0.2) is 16.0 Å². The zero-order valence-electron chi connectivity index (χ0n) is 9.39. The summed E-state index contributed by atoms with van der Waals surface area (Å²) in [6.07, 6.45) is 3.83. The smallest absolute Gasteiger partial charge is 0.0132 e. The highest BCUT2D eigenvalue weighted by Crippen LogP contribution is 2.44. The number of rotatable bonds is 3.